The molecule has 0 saturated heterocycles. The van der Waals surface area contributed by atoms with Gasteiger partial charge in [0.15, 0.2) is 0 Å². The number of rotatable bonds is 6. The first-order valence-electron chi connectivity index (χ1n) is 9.57. The smallest absolute Gasteiger partial charge is 0.307 e. The van der Waals surface area contributed by atoms with E-state index in [1.807, 2.05) is 43.3 Å². The van der Waals surface area contributed by atoms with Crippen molar-refractivity contribution in [3.05, 3.63) is 71.8 Å². The molecule has 6 nitrogen and oxygen atoms in total. The number of allylic oxidation sites excluding steroid dienone is 2. The van der Waals surface area contributed by atoms with Crippen molar-refractivity contribution in [1.29, 1.82) is 0 Å². The Bertz CT molecular complexity index is 937. The van der Waals surface area contributed by atoms with Crippen LogP contribution in [0.5, 0.6) is 0 Å². The van der Waals surface area contributed by atoms with Gasteiger partial charge in [0, 0.05) is 11.4 Å². The Morgan fingerprint density at radius 2 is 1.66 bits per heavy atom. The number of anilines is 2. The summed E-state index contributed by atoms with van der Waals surface area (Å²) in [6, 6.07) is 14.7. The van der Waals surface area contributed by atoms with Crippen LogP contribution in [0.4, 0.5) is 11.4 Å². The van der Waals surface area contributed by atoms with Crippen molar-refractivity contribution >= 4 is 29.2 Å². The number of carbonyl (C=O) groups excluding carboxylic acids is 2. The normalized spacial score (nSPS) is 18.1. The molecule has 0 radical (unpaired) electrons. The zero-order valence-electron chi connectivity index (χ0n) is 16.2. The fraction of sp³-hybridized carbons (Fsp3) is 0.261. The number of hydrogen-bond donors (Lipinski definition) is 3. The lowest BCUT2D eigenvalue weighted by atomic mass is 9.82. The molecule has 2 amide bonds. The molecule has 0 bridgehead atoms. The second-order valence-corrected chi connectivity index (χ2v) is 7.22. The van der Waals surface area contributed by atoms with Crippen LogP contribution in [0.25, 0.3) is 0 Å². The molecule has 2 atom stereocenters. The first kappa shape index (κ1) is 20.3. The summed E-state index contributed by atoms with van der Waals surface area (Å²) < 4.78 is 0. The minimum Gasteiger partial charge on any atom is -0.481 e. The first-order chi connectivity index (χ1) is 13.9. The van der Waals surface area contributed by atoms with Crippen molar-refractivity contribution in [3.63, 3.8) is 0 Å². The maximum absolute atomic E-state index is 12.6. The summed E-state index contributed by atoms with van der Waals surface area (Å²) in [6.07, 6.45) is 4.71. The Kier molecular flexibility index (Phi) is 6.44. The summed E-state index contributed by atoms with van der Waals surface area (Å²) in [7, 11) is 0. The number of carbonyl (C=O) groups is 3. The van der Waals surface area contributed by atoms with Crippen LogP contribution in [0.3, 0.4) is 0 Å². The fourth-order valence-electron chi connectivity index (χ4n) is 3.47. The van der Waals surface area contributed by atoms with Gasteiger partial charge < -0.3 is 15.7 Å². The number of hydrogen-bond acceptors (Lipinski definition) is 3. The third-order valence-corrected chi connectivity index (χ3v) is 5.06. The highest BCUT2D eigenvalue weighted by atomic mass is 16.4. The summed E-state index contributed by atoms with van der Waals surface area (Å²) in [5.74, 6) is -2.68. The predicted octanol–water partition coefficient (Wildman–Crippen LogP) is 3.78. The molecule has 1 aliphatic carbocycles. The van der Waals surface area contributed by atoms with E-state index in [4.69, 9.17) is 0 Å². The Balaban J connectivity index is 1.63. The molecular weight excluding hydrogens is 368 g/mol. The third-order valence-electron chi connectivity index (χ3n) is 5.06. The highest BCUT2D eigenvalue weighted by Crippen LogP contribution is 2.28. The van der Waals surface area contributed by atoms with Crippen molar-refractivity contribution in [2.75, 3.05) is 10.6 Å². The molecule has 3 rings (SSSR count). The van der Waals surface area contributed by atoms with Crippen LogP contribution in [0.2, 0.25) is 0 Å². The number of aliphatic carboxylic acids is 1. The summed E-state index contributed by atoms with van der Waals surface area (Å²) in [4.78, 5) is 36.2. The Hall–Kier alpha value is -3.41. The minimum absolute atomic E-state index is 0.116. The molecule has 3 N–H and O–H groups in total. The van der Waals surface area contributed by atoms with E-state index in [0.717, 1.165) is 11.1 Å². The van der Waals surface area contributed by atoms with E-state index in [9.17, 15) is 19.5 Å². The van der Waals surface area contributed by atoms with E-state index < -0.39 is 17.8 Å². The van der Waals surface area contributed by atoms with E-state index in [1.54, 1.807) is 24.3 Å². The van der Waals surface area contributed by atoms with E-state index in [2.05, 4.69) is 10.6 Å². The van der Waals surface area contributed by atoms with Gasteiger partial charge in [-0.1, -0.05) is 42.5 Å². The van der Waals surface area contributed by atoms with E-state index >= 15 is 0 Å². The number of amides is 2. The van der Waals surface area contributed by atoms with E-state index in [0.29, 0.717) is 24.2 Å². The Labute approximate surface area is 169 Å². The van der Waals surface area contributed by atoms with Crippen LogP contribution in [0.15, 0.2) is 60.7 Å². The highest BCUT2D eigenvalue weighted by molar-refractivity contribution is 5.97. The molecule has 1 aliphatic rings. The topological polar surface area (TPSA) is 95.5 Å². The molecule has 29 heavy (non-hydrogen) atoms. The van der Waals surface area contributed by atoms with Gasteiger partial charge >= 0.3 is 5.97 Å². The quantitative estimate of drug-likeness (QED) is 0.652. The van der Waals surface area contributed by atoms with Crippen LogP contribution in [0, 0.1) is 18.8 Å². The number of benzene rings is 2. The van der Waals surface area contributed by atoms with Crippen molar-refractivity contribution in [3.8, 4) is 0 Å². The van der Waals surface area contributed by atoms with Crippen LogP contribution in [-0.4, -0.2) is 22.9 Å². The predicted molar refractivity (Wildman–Crippen MR) is 112 cm³/mol. The largest absolute Gasteiger partial charge is 0.481 e. The molecule has 6 heteroatoms. The molecule has 0 aliphatic heterocycles. The van der Waals surface area contributed by atoms with Crippen LogP contribution >= 0.6 is 0 Å². The molecule has 0 unspecified atom stereocenters. The molecule has 0 saturated carbocycles. The van der Waals surface area contributed by atoms with Gasteiger partial charge in [0.1, 0.15) is 0 Å². The van der Waals surface area contributed by atoms with Gasteiger partial charge in [-0.3, -0.25) is 14.4 Å². The zero-order valence-corrected chi connectivity index (χ0v) is 16.2. The van der Waals surface area contributed by atoms with E-state index in [1.165, 1.54) is 0 Å². The molecular formula is C23H24N2O4. The molecule has 2 aromatic carbocycles. The summed E-state index contributed by atoms with van der Waals surface area (Å²) in [5, 5.41) is 15.0. The monoisotopic (exact) mass is 392 g/mol. The maximum atomic E-state index is 12.6. The highest BCUT2D eigenvalue weighted by Gasteiger charge is 2.33. The Morgan fingerprint density at radius 3 is 2.31 bits per heavy atom. The lowest BCUT2D eigenvalue weighted by Gasteiger charge is -2.24. The zero-order chi connectivity index (χ0) is 20.8. The summed E-state index contributed by atoms with van der Waals surface area (Å²) in [5.41, 5.74) is 2.99. The molecule has 0 spiro atoms. The Morgan fingerprint density at radius 1 is 0.966 bits per heavy atom. The second kappa shape index (κ2) is 9.19. The van der Waals surface area contributed by atoms with Crippen molar-refractivity contribution < 1.29 is 19.5 Å². The standard InChI is InChI=1S/C23H24N2O4/c1-15-13-17(24-22(27)18-9-5-6-10-19(18)23(28)29)11-12-20(15)25-21(26)14-16-7-3-2-4-8-16/h2-8,11-13,18-19H,9-10,14H2,1H3,(H,24,27)(H,25,26)(H,28,29)/t18-,19+/m1/s1. The van der Waals surface area contributed by atoms with Gasteiger partial charge in [0.25, 0.3) is 0 Å². The molecule has 0 aromatic heterocycles. The fourth-order valence-corrected chi connectivity index (χ4v) is 3.47. The lowest BCUT2D eigenvalue weighted by molar-refractivity contribution is -0.146. The summed E-state index contributed by atoms with van der Waals surface area (Å²) in [6.45, 7) is 1.84. The van der Waals surface area contributed by atoms with Crippen molar-refractivity contribution in [2.24, 2.45) is 11.8 Å². The maximum Gasteiger partial charge on any atom is 0.307 e. The summed E-state index contributed by atoms with van der Waals surface area (Å²) >= 11 is 0. The molecule has 2 aromatic rings. The number of carboxylic acid groups (broad SMARTS) is 1. The number of aryl methyl sites for hydroxylation is 1. The van der Waals surface area contributed by atoms with Crippen LogP contribution in [-0.2, 0) is 20.8 Å². The third kappa shape index (κ3) is 5.31. The van der Waals surface area contributed by atoms with Gasteiger partial charge in [0.2, 0.25) is 11.8 Å². The minimum atomic E-state index is -0.956. The number of carboxylic acids is 1. The van der Waals surface area contributed by atoms with Gasteiger partial charge in [-0.25, -0.2) is 0 Å². The average Bonchev–Trinajstić information content (AvgIpc) is 2.70. The van der Waals surface area contributed by atoms with Crippen LogP contribution in [0.1, 0.15) is 24.0 Å². The van der Waals surface area contributed by atoms with Gasteiger partial charge in [-0.15, -0.1) is 0 Å². The van der Waals surface area contributed by atoms with Gasteiger partial charge in [0.05, 0.1) is 18.3 Å². The van der Waals surface area contributed by atoms with Gasteiger partial charge in [-0.05, 0) is 49.1 Å². The number of nitrogens with one attached hydrogen (secondary N) is 2. The molecule has 150 valence electrons. The van der Waals surface area contributed by atoms with E-state index in [-0.39, 0.29) is 18.2 Å². The second-order valence-electron chi connectivity index (χ2n) is 7.22. The SMILES string of the molecule is Cc1cc(NC(=O)[C@@H]2CC=CC[C@@H]2C(=O)O)ccc1NC(=O)Cc1ccccc1. The average molecular weight is 392 g/mol. The molecule has 0 fully saturated rings. The van der Waals surface area contributed by atoms with Crippen molar-refractivity contribution in [1.82, 2.24) is 0 Å². The van der Waals surface area contributed by atoms with Gasteiger partial charge in [-0.2, -0.15) is 0 Å². The first-order valence-corrected chi connectivity index (χ1v) is 9.57. The lowest BCUT2D eigenvalue weighted by Crippen LogP contribution is -2.34. The van der Waals surface area contributed by atoms with Crippen molar-refractivity contribution in [2.45, 2.75) is 26.2 Å². The van der Waals surface area contributed by atoms with Crippen LogP contribution < -0.4 is 10.6 Å². The molecule has 0 heterocycles.